The molecule has 5 nitrogen and oxygen atoms in total. The number of carbonyl (C=O) groups is 1. The number of rotatable bonds is 5. The zero-order valence-corrected chi connectivity index (χ0v) is 14.1. The summed E-state index contributed by atoms with van der Waals surface area (Å²) in [6, 6.07) is 13.6. The Morgan fingerprint density at radius 1 is 1.21 bits per heavy atom. The lowest BCUT2D eigenvalue weighted by molar-refractivity contribution is 0.0951. The maximum absolute atomic E-state index is 12.4. The van der Waals surface area contributed by atoms with Crippen LogP contribution in [0.15, 0.2) is 48.8 Å². The van der Waals surface area contributed by atoms with Crippen LogP contribution in [0.5, 0.6) is 5.75 Å². The average molecular weight is 323 g/mol. The van der Waals surface area contributed by atoms with Crippen molar-refractivity contribution in [2.45, 2.75) is 26.4 Å². The van der Waals surface area contributed by atoms with E-state index in [0.29, 0.717) is 18.2 Å². The number of nitrogens with zero attached hydrogens (tertiary/aromatic N) is 2. The van der Waals surface area contributed by atoms with E-state index in [1.807, 2.05) is 48.8 Å². The number of methoxy groups -OCH3 is 1. The van der Waals surface area contributed by atoms with Crippen LogP contribution in [0.2, 0.25) is 0 Å². The van der Waals surface area contributed by atoms with Gasteiger partial charge in [0, 0.05) is 18.2 Å². The Bertz CT molecular complexity index is 851. The van der Waals surface area contributed by atoms with E-state index in [4.69, 9.17) is 4.74 Å². The van der Waals surface area contributed by atoms with Crippen LogP contribution in [0.4, 0.5) is 0 Å². The van der Waals surface area contributed by atoms with E-state index < -0.39 is 0 Å². The van der Waals surface area contributed by atoms with Crippen LogP contribution in [-0.4, -0.2) is 22.6 Å². The lowest BCUT2D eigenvalue weighted by Gasteiger charge is -2.09. The zero-order valence-electron chi connectivity index (χ0n) is 14.1. The van der Waals surface area contributed by atoms with Gasteiger partial charge in [0.15, 0.2) is 0 Å². The van der Waals surface area contributed by atoms with E-state index in [2.05, 4.69) is 28.7 Å². The molecule has 2 aromatic carbocycles. The molecule has 0 fully saturated rings. The average Bonchev–Trinajstić information content (AvgIpc) is 3.03. The number of fused-ring (bicyclic) bond motifs is 1. The van der Waals surface area contributed by atoms with Gasteiger partial charge in [0.1, 0.15) is 5.75 Å². The summed E-state index contributed by atoms with van der Waals surface area (Å²) in [5, 5.41) is 2.93. The molecule has 5 heteroatoms. The monoisotopic (exact) mass is 323 g/mol. The molecule has 0 radical (unpaired) electrons. The van der Waals surface area contributed by atoms with Crippen LogP contribution in [0, 0.1) is 0 Å². The van der Waals surface area contributed by atoms with Crippen molar-refractivity contribution in [2.24, 2.45) is 0 Å². The van der Waals surface area contributed by atoms with Crippen LogP contribution >= 0.6 is 0 Å². The summed E-state index contributed by atoms with van der Waals surface area (Å²) < 4.78 is 7.22. The van der Waals surface area contributed by atoms with Crippen LogP contribution in [0.25, 0.3) is 11.0 Å². The van der Waals surface area contributed by atoms with Crippen molar-refractivity contribution >= 4 is 16.9 Å². The number of imidazole rings is 1. The van der Waals surface area contributed by atoms with Crippen molar-refractivity contribution in [3.05, 3.63) is 59.9 Å². The number of nitrogens with one attached hydrogen (secondary N) is 1. The molecule has 0 aliphatic heterocycles. The molecule has 0 aliphatic rings. The number of ether oxygens (including phenoxy) is 1. The van der Waals surface area contributed by atoms with Crippen LogP contribution in [-0.2, 0) is 6.54 Å². The number of aromatic nitrogens is 2. The molecule has 1 amide bonds. The lowest BCUT2D eigenvalue weighted by atomic mass is 10.1. The van der Waals surface area contributed by atoms with Crippen LogP contribution < -0.4 is 10.1 Å². The second-order valence-corrected chi connectivity index (χ2v) is 5.98. The SMILES string of the molecule is COc1ccc(CNC(=O)c2ccc3c(c2)ncn3C(C)C)cc1. The number of hydrogen-bond donors (Lipinski definition) is 1. The Balaban J connectivity index is 1.71. The molecule has 0 spiro atoms. The van der Waals surface area contributed by atoms with Gasteiger partial charge < -0.3 is 14.6 Å². The minimum Gasteiger partial charge on any atom is -0.497 e. The smallest absolute Gasteiger partial charge is 0.251 e. The molecule has 124 valence electrons. The molecule has 0 saturated heterocycles. The Labute approximate surface area is 141 Å². The summed E-state index contributed by atoms with van der Waals surface area (Å²) in [5.74, 6) is 0.697. The Kier molecular flexibility index (Phi) is 4.51. The van der Waals surface area contributed by atoms with E-state index in [0.717, 1.165) is 22.3 Å². The number of hydrogen-bond acceptors (Lipinski definition) is 3. The van der Waals surface area contributed by atoms with E-state index >= 15 is 0 Å². The van der Waals surface area contributed by atoms with E-state index in [-0.39, 0.29) is 5.91 Å². The van der Waals surface area contributed by atoms with Gasteiger partial charge >= 0.3 is 0 Å². The van der Waals surface area contributed by atoms with E-state index in [1.54, 1.807) is 7.11 Å². The third kappa shape index (κ3) is 3.25. The molecule has 0 saturated carbocycles. The molecule has 1 heterocycles. The summed E-state index contributed by atoms with van der Waals surface area (Å²) in [7, 11) is 1.63. The standard InChI is InChI=1S/C19H21N3O2/c1-13(2)22-12-21-17-10-15(6-9-18(17)22)19(23)20-11-14-4-7-16(24-3)8-5-14/h4-10,12-13H,11H2,1-3H3,(H,20,23). The highest BCUT2D eigenvalue weighted by Gasteiger charge is 2.10. The summed E-state index contributed by atoms with van der Waals surface area (Å²) in [6.07, 6.45) is 1.81. The molecular weight excluding hydrogens is 302 g/mol. The Morgan fingerprint density at radius 2 is 1.96 bits per heavy atom. The van der Waals surface area contributed by atoms with Gasteiger partial charge in [0.25, 0.3) is 5.91 Å². The third-order valence-corrected chi connectivity index (χ3v) is 4.01. The highest BCUT2D eigenvalue weighted by Crippen LogP contribution is 2.19. The van der Waals surface area contributed by atoms with Gasteiger partial charge in [-0.15, -0.1) is 0 Å². The van der Waals surface area contributed by atoms with E-state index in [1.165, 1.54) is 0 Å². The first-order chi connectivity index (χ1) is 11.6. The molecule has 0 atom stereocenters. The predicted molar refractivity (Wildman–Crippen MR) is 94.3 cm³/mol. The Hall–Kier alpha value is -2.82. The molecule has 0 bridgehead atoms. The van der Waals surface area contributed by atoms with Gasteiger partial charge in [-0.3, -0.25) is 4.79 Å². The van der Waals surface area contributed by atoms with Crippen molar-refractivity contribution in [3.63, 3.8) is 0 Å². The van der Waals surface area contributed by atoms with E-state index in [9.17, 15) is 4.79 Å². The van der Waals surface area contributed by atoms with Gasteiger partial charge in [0.05, 0.1) is 24.5 Å². The second-order valence-electron chi connectivity index (χ2n) is 5.98. The molecule has 3 rings (SSSR count). The van der Waals surface area contributed by atoms with Gasteiger partial charge in [-0.2, -0.15) is 0 Å². The highest BCUT2D eigenvalue weighted by atomic mass is 16.5. The fourth-order valence-electron chi connectivity index (χ4n) is 2.61. The number of amides is 1. The second kappa shape index (κ2) is 6.74. The van der Waals surface area contributed by atoms with Crippen molar-refractivity contribution in [2.75, 3.05) is 7.11 Å². The predicted octanol–water partition coefficient (Wildman–Crippen LogP) is 3.56. The molecule has 24 heavy (non-hydrogen) atoms. The van der Waals surface area contributed by atoms with Gasteiger partial charge in [-0.1, -0.05) is 12.1 Å². The minimum atomic E-state index is -0.105. The fourth-order valence-corrected chi connectivity index (χ4v) is 2.61. The molecule has 3 aromatic rings. The maximum atomic E-state index is 12.4. The highest BCUT2D eigenvalue weighted by molar-refractivity contribution is 5.97. The largest absolute Gasteiger partial charge is 0.497 e. The number of benzene rings is 2. The molecule has 0 aliphatic carbocycles. The first-order valence-corrected chi connectivity index (χ1v) is 7.96. The molecule has 1 N–H and O–H groups in total. The van der Waals surface area contributed by atoms with Crippen molar-refractivity contribution < 1.29 is 9.53 Å². The van der Waals surface area contributed by atoms with Crippen LogP contribution in [0.1, 0.15) is 35.8 Å². The molecule has 1 aromatic heterocycles. The van der Waals surface area contributed by atoms with Crippen molar-refractivity contribution in [3.8, 4) is 5.75 Å². The first-order valence-electron chi connectivity index (χ1n) is 7.96. The summed E-state index contributed by atoms with van der Waals surface area (Å²) in [6.45, 7) is 4.69. The normalized spacial score (nSPS) is 11.0. The molecular formula is C19H21N3O2. The third-order valence-electron chi connectivity index (χ3n) is 4.01. The van der Waals surface area contributed by atoms with Gasteiger partial charge in [-0.25, -0.2) is 4.98 Å². The Morgan fingerprint density at radius 3 is 2.62 bits per heavy atom. The lowest BCUT2D eigenvalue weighted by Crippen LogP contribution is -2.22. The zero-order chi connectivity index (χ0) is 17.1. The first kappa shape index (κ1) is 16.1. The molecule has 0 unspecified atom stereocenters. The summed E-state index contributed by atoms with van der Waals surface area (Å²) >= 11 is 0. The fraction of sp³-hybridized carbons (Fsp3) is 0.263. The topological polar surface area (TPSA) is 56.1 Å². The van der Waals surface area contributed by atoms with Gasteiger partial charge in [-0.05, 0) is 49.7 Å². The van der Waals surface area contributed by atoms with Crippen molar-refractivity contribution in [1.29, 1.82) is 0 Å². The van der Waals surface area contributed by atoms with Crippen LogP contribution in [0.3, 0.4) is 0 Å². The summed E-state index contributed by atoms with van der Waals surface area (Å²) in [5.41, 5.74) is 3.51. The number of carbonyl (C=O) groups excluding carboxylic acids is 1. The minimum absolute atomic E-state index is 0.105. The van der Waals surface area contributed by atoms with Gasteiger partial charge in [0.2, 0.25) is 0 Å². The summed E-state index contributed by atoms with van der Waals surface area (Å²) in [4.78, 5) is 16.7. The quantitative estimate of drug-likeness (QED) is 0.781. The maximum Gasteiger partial charge on any atom is 0.251 e. The van der Waals surface area contributed by atoms with Crippen molar-refractivity contribution in [1.82, 2.24) is 14.9 Å².